The molecule has 25 heavy (non-hydrogen) atoms. The van der Waals surface area contributed by atoms with Crippen molar-refractivity contribution in [2.24, 2.45) is 0 Å². The Balaban J connectivity index is 1.87. The van der Waals surface area contributed by atoms with Crippen molar-refractivity contribution in [1.29, 1.82) is 0 Å². The molecule has 0 bridgehead atoms. The Morgan fingerprint density at radius 3 is 2.52 bits per heavy atom. The Kier molecular flexibility index (Phi) is 5.13. The summed E-state index contributed by atoms with van der Waals surface area (Å²) in [6.45, 7) is 0. The minimum Gasteiger partial charge on any atom is -0.321 e. The van der Waals surface area contributed by atoms with Crippen molar-refractivity contribution in [2.75, 3.05) is 5.32 Å². The van der Waals surface area contributed by atoms with Crippen LogP contribution in [0, 0.1) is 0 Å². The molecule has 0 unspecified atom stereocenters. The molecule has 1 aliphatic heterocycles. The lowest BCUT2D eigenvalue weighted by Crippen LogP contribution is -2.17. The summed E-state index contributed by atoms with van der Waals surface area (Å²) in [7, 11) is 0. The minimum absolute atomic E-state index is 0.265. The number of benzene rings is 2. The molecule has 0 radical (unpaired) electrons. The first kappa shape index (κ1) is 17.5. The molecule has 1 fully saturated rings. The Hall–Kier alpha value is -2.28. The highest BCUT2D eigenvalue weighted by atomic mass is 35.5. The van der Waals surface area contributed by atoms with Gasteiger partial charge in [-0.15, -0.1) is 0 Å². The van der Waals surface area contributed by atoms with Crippen LogP contribution in [-0.4, -0.2) is 17.1 Å². The van der Waals surface area contributed by atoms with Gasteiger partial charge < -0.3 is 5.32 Å². The highest BCUT2D eigenvalue weighted by Gasteiger charge is 2.25. The molecule has 0 aliphatic carbocycles. The fourth-order valence-electron chi connectivity index (χ4n) is 2.13. The predicted molar refractivity (Wildman–Crippen MR) is 100.0 cm³/mol. The van der Waals surface area contributed by atoms with Crippen molar-refractivity contribution in [3.05, 3.63) is 68.5 Å². The topological polar surface area (TPSA) is 75.3 Å². The molecule has 2 aromatic carbocycles. The number of nitrogens with one attached hydrogen (secondary N) is 2. The molecular formula is C17H10Cl2N2O3S. The lowest BCUT2D eigenvalue weighted by Gasteiger charge is -2.09. The molecular weight excluding hydrogens is 383 g/mol. The number of carbonyl (C=O) groups excluding carboxylic acids is 3. The number of hydrogen-bond donors (Lipinski definition) is 2. The summed E-state index contributed by atoms with van der Waals surface area (Å²) < 4.78 is 0. The van der Waals surface area contributed by atoms with Gasteiger partial charge in [-0.3, -0.25) is 19.7 Å². The summed E-state index contributed by atoms with van der Waals surface area (Å²) in [5.41, 5.74) is 1.45. The molecule has 1 heterocycles. The van der Waals surface area contributed by atoms with Crippen LogP contribution in [0.15, 0.2) is 47.4 Å². The van der Waals surface area contributed by atoms with Crippen molar-refractivity contribution in [3.8, 4) is 0 Å². The van der Waals surface area contributed by atoms with Crippen molar-refractivity contribution in [2.45, 2.75) is 0 Å². The lowest BCUT2D eigenvalue weighted by atomic mass is 10.1. The normalized spacial score (nSPS) is 15.4. The van der Waals surface area contributed by atoms with Gasteiger partial charge in [0.15, 0.2) is 0 Å². The zero-order valence-corrected chi connectivity index (χ0v) is 14.8. The van der Waals surface area contributed by atoms with Gasteiger partial charge in [0, 0.05) is 11.3 Å². The van der Waals surface area contributed by atoms with Crippen LogP contribution in [-0.2, 0) is 4.79 Å². The molecule has 3 amide bonds. The molecule has 8 heteroatoms. The third kappa shape index (κ3) is 4.04. The Labute approximate surface area is 157 Å². The molecule has 2 aromatic rings. The van der Waals surface area contributed by atoms with Crippen molar-refractivity contribution in [1.82, 2.24) is 5.32 Å². The second-order valence-electron chi connectivity index (χ2n) is 5.02. The van der Waals surface area contributed by atoms with Gasteiger partial charge in [-0.1, -0.05) is 41.4 Å². The number of hydrogen-bond acceptors (Lipinski definition) is 4. The molecule has 1 aliphatic rings. The molecule has 0 saturated carbocycles. The second kappa shape index (κ2) is 7.31. The van der Waals surface area contributed by atoms with E-state index in [9.17, 15) is 14.4 Å². The maximum absolute atomic E-state index is 12.4. The number of amides is 3. The van der Waals surface area contributed by atoms with Crippen LogP contribution in [0.5, 0.6) is 0 Å². The average Bonchev–Trinajstić information content (AvgIpc) is 2.89. The zero-order valence-electron chi connectivity index (χ0n) is 12.5. The van der Waals surface area contributed by atoms with E-state index in [0.29, 0.717) is 21.8 Å². The summed E-state index contributed by atoms with van der Waals surface area (Å²) in [6, 6.07) is 11.5. The van der Waals surface area contributed by atoms with Crippen LogP contribution in [0.25, 0.3) is 6.08 Å². The van der Waals surface area contributed by atoms with Crippen molar-refractivity contribution >= 4 is 63.8 Å². The maximum atomic E-state index is 12.4. The third-order valence-corrected chi connectivity index (χ3v) is 4.87. The quantitative estimate of drug-likeness (QED) is 0.750. The molecule has 0 atom stereocenters. The third-order valence-electron chi connectivity index (χ3n) is 3.32. The Bertz CT molecular complexity index is 928. The highest BCUT2D eigenvalue weighted by Crippen LogP contribution is 2.28. The van der Waals surface area contributed by atoms with Crippen LogP contribution in [0.1, 0.15) is 15.9 Å². The summed E-state index contributed by atoms with van der Waals surface area (Å²) in [5, 5.41) is 5.17. The summed E-state index contributed by atoms with van der Waals surface area (Å²) in [6.07, 6.45) is 1.55. The molecule has 5 nitrogen and oxygen atoms in total. The Morgan fingerprint density at radius 2 is 1.84 bits per heavy atom. The number of para-hydroxylation sites is 1. The van der Waals surface area contributed by atoms with Crippen LogP contribution in [0.4, 0.5) is 10.5 Å². The zero-order chi connectivity index (χ0) is 18.0. The fraction of sp³-hybridized carbons (Fsp3) is 0. The second-order valence-corrected chi connectivity index (χ2v) is 6.85. The van der Waals surface area contributed by atoms with Crippen LogP contribution in [0.2, 0.25) is 10.0 Å². The SMILES string of the molecule is O=C1NC(=O)/C(=C/c2ccccc2NC(=O)c2ccc(Cl)c(Cl)c2)S1. The minimum atomic E-state index is -0.458. The number of halogens is 2. The van der Waals surface area contributed by atoms with E-state index in [1.54, 1.807) is 36.4 Å². The van der Waals surface area contributed by atoms with Gasteiger partial charge in [0.2, 0.25) is 0 Å². The molecule has 1 saturated heterocycles. The van der Waals surface area contributed by atoms with Crippen molar-refractivity contribution < 1.29 is 14.4 Å². The molecule has 2 N–H and O–H groups in total. The van der Waals surface area contributed by atoms with Crippen molar-refractivity contribution in [3.63, 3.8) is 0 Å². The summed E-state index contributed by atoms with van der Waals surface area (Å²) in [4.78, 5) is 35.6. The monoisotopic (exact) mass is 392 g/mol. The van der Waals surface area contributed by atoms with Gasteiger partial charge in [0.25, 0.3) is 17.1 Å². The number of imide groups is 1. The van der Waals surface area contributed by atoms with E-state index in [1.165, 1.54) is 12.1 Å². The molecule has 0 spiro atoms. The van der Waals surface area contributed by atoms with Gasteiger partial charge in [-0.2, -0.15) is 0 Å². The highest BCUT2D eigenvalue weighted by molar-refractivity contribution is 8.18. The number of rotatable bonds is 3. The van der Waals surface area contributed by atoms with Crippen LogP contribution >= 0.6 is 35.0 Å². The number of carbonyl (C=O) groups is 3. The largest absolute Gasteiger partial charge is 0.321 e. The first-order chi connectivity index (χ1) is 11.9. The van der Waals surface area contributed by atoms with Crippen LogP contribution < -0.4 is 10.6 Å². The van der Waals surface area contributed by atoms with Gasteiger partial charge in [0.1, 0.15) is 0 Å². The van der Waals surface area contributed by atoms with Gasteiger partial charge in [-0.05, 0) is 47.7 Å². The van der Waals surface area contributed by atoms with Gasteiger partial charge >= 0.3 is 0 Å². The molecule has 126 valence electrons. The van der Waals surface area contributed by atoms with Gasteiger partial charge in [-0.25, -0.2) is 0 Å². The smallest absolute Gasteiger partial charge is 0.290 e. The summed E-state index contributed by atoms with van der Waals surface area (Å²) >= 11 is 12.6. The van der Waals surface area contributed by atoms with E-state index in [1.807, 2.05) is 0 Å². The average molecular weight is 393 g/mol. The number of thioether (sulfide) groups is 1. The van der Waals surface area contributed by atoms with E-state index in [2.05, 4.69) is 10.6 Å². The fourth-order valence-corrected chi connectivity index (χ4v) is 3.10. The van der Waals surface area contributed by atoms with E-state index in [0.717, 1.165) is 11.8 Å². The van der Waals surface area contributed by atoms with E-state index in [4.69, 9.17) is 23.2 Å². The predicted octanol–water partition coefficient (Wildman–Crippen LogP) is 4.57. The lowest BCUT2D eigenvalue weighted by molar-refractivity contribution is -0.115. The first-order valence-electron chi connectivity index (χ1n) is 7.04. The molecule has 3 rings (SSSR count). The van der Waals surface area contributed by atoms with E-state index in [-0.39, 0.29) is 15.8 Å². The van der Waals surface area contributed by atoms with Gasteiger partial charge in [0.05, 0.1) is 15.0 Å². The maximum Gasteiger partial charge on any atom is 0.290 e. The molecule has 0 aromatic heterocycles. The Morgan fingerprint density at radius 1 is 1.08 bits per heavy atom. The number of anilines is 1. The van der Waals surface area contributed by atoms with Crippen LogP contribution in [0.3, 0.4) is 0 Å². The summed E-state index contributed by atoms with van der Waals surface area (Å²) in [5.74, 6) is -0.829. The first-order valence-corrected chi connectivity index (χ1v) is 8.61. The standard InChI is InChI=1S/C17H10Cl2N2O3S/c18-11-6-5-10(7-12(11)19)15(22)20-13-4-2-1-3-9(13)8-14-16(23)21-17(24)25-14/h1-8H,(H,20,22)(H,21,23,24)/b14-8-. The van der Waals surface area contributed by atoms with E-state index < -0.39 is 11.1 Å². The van der Waals surface area contributed by atoms with E-state index >= 15 is 0 Å².